The van der Waals surface area contributed by atoms with Crippen molar-refractivity contribution in [1.82, 2.24) is 20.4 Å². The molecule has 1 aromatic heterocycles. The highest BCUT2D eigenvalue weighted by molar-refractivity contribution is 5.96. The zero-order chi connectivity index (χ0) is 22.8. The Hall–Kier alpha value is -3.12. The van der Waals surface area contributed by atoms with E-state index in [0.717, 1.165) is 74.4 Å². The van der Waals surface area contributed by atoms with Gasteiger partial charge in [-0.3, -0.25) is 14.8 Å². The van der Waals surface area contributed by atoms with Gasteiger partial charge in [-0.25, -0.2) is 0 Å². The average molecular weight is 445 g/mol. The fourth-order valence-corrected chi connectivity index (χ4v) is 5.04. The summed E-state index contributed by atoms with van der Waals surface area (Å²) in [6.07, 6.45) is 3.93. The summed E-state index contributed by atoms with van der Waals surface area (Å²) in [5.74, 6) is 1.34. The topological polar surface area (TPSA) is 70.2 Å². The molecule has 3 aromatic rings. The highest BCUT2D eigenvalue weighted by Gasteiger charge is 2.26. The van der Waals surface area contributed by atoms with Gasteiger partial charge in [-0.15, -0.1) is 0 Å². The number of aryl methyl sites for hydroxylation is 2. The summed E-state index contributed by atoms with van der Waals surface area (Å²) < 4.78 is 5.35. The second kappa shape index (κ2) is 9.40. The predicted molar refractivity (Wildman–Crippen MR) is 129 cm³/mol. The van der Waals surface area contributed by atoms with Crippen molar-refractivity contribution in [3.05, 3.63) is 70.4 Å². The van der Waals surface area contributed by atoms with E-state index < -0.39 is 0 Å². The minimum Gasteiger partial charge on any atom is -0.497 e. The lowest BCUT2D eigenvalue weighted by Gasteiger charge is -2.32. The smallest absolute Gasteiger partial charge is 0.269 e. The van der Waals surface area contributed by atoms with Gasteiger partial charge in [0, 0.05) is 24.2 Å². The number of aromatic amines is 1. The lowest BCUT2D eigenvalue weighted by molar-refractivity contribution is 0.0929. The van der Waals surface area contributed by atoms with Crippen molar-refractivity contribution in [3.63, 3.8) is 0 Å². The van der Waals surface area contributed by atoms with Crippen LogP contribution in [0.3, 0.4) is 0 Å². The van der Waals surface area contributed by atoms with Crippen LogP contribution in [0.25, 0.3) is 11.3 Å². The van der Waals surface area contributed by atoms with Crippen molar-refractivity contribution in [2.75, 3.05) is 26.7 Å². The number of H-pyrrole nitrogens is 1. The molecular formula is C27H32N4O2. The normalized spacial score (nSPS) is 16.2. The molecule has 2 heterocycles. The van der Waals surface area contributed by atoms with Gasteiger partial charge in [0.2, 0.25) is 0 Å². The number of amides is 1. The standard InChI is InChI=1S/C27H32N4O2/c1-18-3-5-20(6-4-18)17-31-13-11-19(12-14-31)16-28-27(32)26-24-9-7-21-15-22(33-2)8-10-23(21)25(24)29-30-26/h3-6,8,10,15,19H,7,9,11-14,16-17H2,1-2H3,(H,28,32)(H,29,30). The first-order valence-corrected chi connectivity index (χ1v) is 11.9. The van der Waals surface area contributed by atoms with E-state index in [1.807, 2.05) is 12.1 Å². The quantitative estimate of drug-likeness (QED) is 0.600. The van der Waals surface area contributed by atoms with Crippen LogP contribution < -0.4 is 10.1 Å². The number of fused-ring (bicyclic) bond motifs is 3. The van der Waals surface area contributed by atoms with Gasteiger partial charge in [0.25, 0.3) is 5.91 Å². The lowest BCUT2D eigenvalue weighted by atomic mass is 9.88. The summed E-state index contributed by atoms with van der Waals surface area (Å²) in [7, 11) is 1.68. The summed E-state index contributed by atoms with van der Waals surface area (Å²) in [6, 6.07) is 14.9. The minimum atomic E-state index is -0.0391. The number of rotatable bonds is 6. The Labute approximate surface area is 195 Å². The van der Waals surface area contributed by atoms with Crippen molar-refractivity contribution in [3.8, 4) is 17.0 Å². The van der Waals surface area contributed by atoms with Gasteiger partial charge in [0.15, 0.2) is 0 Å². The molecule has 0 bridgehead atoms. The molecule has 1 saturated heterocycles. The largest absolute Gasteiger partial charge is 0.497 e. The molecule has 1 amide bonds. The number of hydrogen-bond donors (Lipinski definition) is 2. The number of aromatic nitrogens is 2. The molecule has 2 aliphatic rings. The van der Waals surface area contributed by atoms with E-state index in [0.29, 0.717) is 11.6 Å². The molecule has 33 heavy (non-hydrogen) atoms. The Kier molecular flexibility index (Phi) is 6.18. The Morgan fingerprint density at radius 3 is 2.70 bits per heavy atom. The van der Waals surface area contributed by atoms with Crippen LogP contribution in [0.1, 0.15) is 45.6 Å². The van der Waals surface area contributed by atoms with Crippen LogP contribution >= 0.6 is 0 Å². The van der Waals surface area contributed by atoms with E-state index in [1.54, 1.807) is 7.11 Å². The van der Waals surface area contributed by atoms with E-state index >= 15 is 0 Å². The first kappa shape index (κ1) is 21.7. The molecule has 6 heteroatoms. The second-order valence-corrected chi connectivity index (χ2v) is 9.36. The van der Waals surface area contributed by atoms with Crippen LogP contribution in [0.4, 0.5) is 0 Å². The molecule has 2 aromatic carbocycles. The van der Waals surface area contributed by atoms with Crippen molar-refractivity contribution >= 4 is 5.91 Å². The first-order valence-electron chi connectivity index (χ1n) is 11.9. The Balaban J connectivity index is 1.15. The van der Waals surface area contributed by atoms with Gasteiger partial charge in [-0.1, -0.05) is 29.8 Å². The molecule has 0 radical (unpaired) electrons. The number of methoxy groups -OCH3 is 1. The number of carbonyl (C=O) groups excluding carboxylic acids is 1. The van der Waals surface area contributed by atoms with Crippen LogP contribution in [-0.4, -0.2) is 47.7 Å². The van der Waals surface area contributed by atoms with Gasteiger partial charge >= 0.3 is 0 Å². The minimum absolute atomic E-state index is 0.0391. The van der Waals surface area contributed by atoms with Gasteiger partial charge in [0.05, 0.1) is 12.8 Å². The molecule has 172 valence electrons. The molecule has 5 rings (SSSR count). The number of carbonyl (C=O) groups is 1. The number of ether oxygens (including phenoxy) is 1. The zero-order valence-corrected chi connectivity index (χ0v) is 19.5. The van der Waals surface area contributed by atoms with Gasteiger partial charge < -0.3 is 10.1 Å². The highest BCUT2D eigenvalue weighted by atomic mass is 16.5. The van der Waals surface area contributed by atoms with Crippen LogP contribution in [-0.2, 0) is 19.4 Å². The number of likely N-dealkylation sites (tertiary alicyclic amines) is 1. The van der Waals surface area contributed by atoms with Gasteiger partial charge in [0.1, 0.15) is 11.4 Å². The molecule has 0 unspecified atom stereocenters. The fourth-order valence-electron chi connectivity index (χ4n) is 5.04. The van der Waals surface area contributed by atoms with E-state index in [-0.39, 0.29) is 5.91 Å². The van der Waals surface area contributed by atoms with Crippen LogP contribution in [0, 0.1) is 12.8 Å². The molecule has 1 fully saturated rings. The fraction of sp³-hybridized carbons (Fsp3) is 0.407. The molecule has 2 N–H and O–H groups in total. The Bertz CT molecular complexity index is 1130. The van der Waals surface area contributed by atoms with Crippen molar-refractivity contribution < 1.29 is 9.53 Å². The summed E-state index contributed by atoms with van der Waals surface area (Å²) in [5, 5.41) is 10.7. The molecule has 0 saturated carbocycles. The summed E-state index contributed by atoms with van der Waals surface area (Å²) in [6.45, 7) is 6.01. The molecule has 0 atom stereocenters. The zero-order valence-electron chi connectivity index (χ0n) is 19.5. The molecule has 6 nitrogen and oxygen atoms in total. The third-order valence-electron chi connectivity index (χ3n) is 7.09. The number of nitrogens with zero attached hydrogens (tertiary/aromatic N) is 2. The van der Waals surface area contributed by atoms with E-state index in [9.17, 15) is 4.79 Å². The second-order valence-electron chi connectivity index (χ2n) is 9.36. The number of piperidine rings is 1. The Morgan fingerprint density at radius 1 is 1.15 bits per heavy atom. The van der Waals surface area contributed by atoms with Gasteiger partial charge in [-0.05, 0) is 80.9 Å². The van der Waals surface area contributed by atoms with Crippen molar-refractivity contribution in [2.45, 2.75) is 39.2 Å². The summed E-state index contributed by atoms with van der Waals surface area (Å²) in [4.78, 5) is 15.5. The van der Waals surface area contributed by atoms with Gasteiger partial charge in [-0.2, -0.15) is 5.10 Å². The first-order chi connectivity index (χ1) is 16.1. The maximum atomic E-state index is 13.0. The average Bonchev–Trinajstić information content (AvgIpc) is 3.29. The SMILES string of the molecule is COc1ccc2c(c1)CCc1c-2n[nH]c1C(=O)NCC1CCN(Cc2ccc(C)cc2)CC1. The third kappa shape index (κ3) is 4.67. The summed E-state index contributed by atoms with van der Waals surface area (Å²) >= 11 is 0. The van der Waals surface area contributed by atoms with Crippen LogP contribution in [0.5, 0.6) is 5.75 Å². The number of benzene rings is 2. The van der Waals surface area contributed by atoms with Crippen molar-refractivity contribution in [2.24, 2.45) is 5.92 Å². The van der Waals surface area contributed by atoms with E-state index in [4.69, 9.17) is 4.74 Å². The molecule has 0 spiro atoms. The molecule has 1 aliphatic carbocycles. The third-order valence-corrected chi connectivity index (χ3v) is 7.09. The monoisotopic (exact) mass is 444 g/mol. The molecule has 1 aliphatic heterocycles. The predicted octanol–water partition coefficient (Wildman–Crippen LogP) is 4.13. The van der Waals surface area contributed by atoms with Crippen LogP contribution in [0.2, 0.25) is 0 Å². The summed E-state index contributed by atoms with van der Waals surface area (Å²) in [5.41, 5.74) is 7.52. The number of hydrogen-bond acceptors (Lipinski definition) is 4. The number of nitrogens with one attached hydrogen (secondary N) is 2. The lowest BCUT2D eigenvalue weighted by Crippen LogP contribution is -2.38. The highest BCUT2D eigenvalue weighted by Crippen LogP contribution is 2.35. The van der Waals surface area contributed by atoms with Crippen molar-refractivity contribution in [1.29, 1.82) is 0 Å². The molecular weight excluding hydrogens is 412 g/mol. The van der Waals surface area contributed by atoms with E-state index in [2.05, 4.69) is 57.7 Å². The maximum Gasteiger partial charge on any atom is 0.269 e. The Morgan fingerprint density at radius 2 is 1.94 bits per heavy atom. The van der Waals surface area contributed by atoms with Crippen LogP contribution in [0.15, 0.2) is 42.5 Å². The maximum absolute atomic E-state index is 13.0. The van der Waals surface area contributed by atoms with E-state index in [1.165, 1.54) is 16.7 Å².